The van der Waals surface area contributed by atoms with Crippen LogP contribution in [-0.2, 0) is 11.2 Å². The molecule has 0 amide bonds. The van der Waals surface area contributed by atoms with Gasteiger partial charge in [0.2, 0.25) is 0 Å². The van der Waals surface area contributed by atoms with Gasteiger partial charge in [-0.2, -0.15) is 0 Å². The second-order valence-corrected chi connectivity index (χ2v) is 4.93. The number of benzene rings is 1. The number of nitrogens with zero attached hydrogens (tertiary/aromatic N) is 1. The van der Waals surface area contributed by atoms with Crippen LogP contribution in [0.2, 0.25) is 0 Å². The molecule has 0 atom stereocenters. The minimum Gasteiger partial charge on any atom is -0.462 e. The van der Waals surface area contributed by atoms with Gasteiger partial charge in [0.15, 0.2) is 0 Å². The first kappa shape index (κ1) is 13.7. The van der Waals surface area contributed by atoms with E-state index in [-0.39, 0.29) is 5.97 Å². The molecular weight excluding hydrogens is 306 g/mol. The zero-order chi connectivity index (χ0) is 13.5. The summed E-state index contributed by atoms with van der Waals surface area (Å²) in [5.74, 6) is -0.293. The van der Waals surface area contributed by atoms with Crippen LogP contribution in [0.5, 0.6) is 0 Å². The molecule has 0 N–H and O–H groups in total. The molecule has 2 rings (SSSR count). The van der Waals surface area contributed by atoms with Gasteiger partial charge in [0.1, 0.15) is 0 Å². The van der Waals surface area contributed by atoms with Gasteiger partial charge in [-0.25, -0.2) is 4.79 Å². The van der Waals surface area contributed by atoms with Crippen LogP contribution in [0.1, 0.15) is 22.3 Å². The van der Waals surface area contributed by atoms with E-state index < -0.39 is 0 Å². The summed E-state index contributed by atoms with van der Waals surface area (Å²) in [6.45, 7) is 0.412. The van der Waals surface area contributed by atoms with Crippen LogP contribution < -0.4 is 0 Å². The highest BCUT2D eigenvalue weighted by atomic mass is 79.9. The predicted molar refractivity (Wildman–Crippen MR) is 77.0 cm³/mol. The molecule has 0 unspecified atom stereocenters. The van der Waals surface area contributed by atoms with Crippen molar-refractivity contribution in [1.82, 2.24) is 4.98 Å². The lowest BCUT2D eigenvalue weighted by molar-refractivity contribution is 0.0499. The van der Waals surface area contributed by atoms with Crippen LogP contribution in [0.15, 0.2) is 53.3 Å². The van der Waals surface area contributed by atoms with Crippen molar-refractivity contribution in [2.45, 2.75) is 12.8 Å². The van der Waals surface area contributed by atoms with Crippen molar-refractivity contribution in [1.29, 1.82) is 0 Å². The maximum absolute atomic E-state index is 11.8. The Bertz CT molecular complexity index is 543. The smallest absolute Gasteiger partial charge is 0.339 e. The van der Waals surface area contributed by atoms with E-state index in [2.05, 4.69) is 20.9 Å². The number of halogens is 1. The average molecular weight is 320 g/mol. The molecule has 2 aromatic rings. The Balaban J connectivity index is 1.77. The number of aromatic nitrogens is 1. The average Bonchev–Trinajstić information content (AvgIpc) is 2.45. The Kier molecular flexibility index (Phi) is 5.10. The molecule has 0 aliphatic carbocycles. The summed E-state index contributed by atoms with van der Waals surface area (Å²) >= 11 is 3.33. The zero-order valence-corrected chi connectivity index (χ0v) is 12.0. The molecule has 19 heavy (non-hydrogen) atoms. The van der Waals surface area contributed by atoms with Crippen LogP contribution in [0.25, 0.3) is 0 Å². The van der Waals surface area contributed by atoms with Crippen LogP contribution in [0, 0.1) is 0 Å². The number of ether oxygens (including phenoxy) is 1. The van der Waals surface area contributed by atoms with E-state index in [9.17, 15) is 4.79 Å². The lowest BCUT2D eigenvalue weighted by Gasteiger charge is -2.06. The molecular formula is C15H14BrNO2. The van der Waals surface area contributed by atoms with Crippen molar-refractivity contribution in [2.75, 3.05) is 6.61 Å². The molecule has 0 aliphatic heterocycles. The largest absolute Gasteiger partial charge is 0.462 e. The Morgan fingerprint density at radius 1 is 1.21 bits per heavy atom. The molecule has 98 valence electrons. The normalized spacial score (nSPS) is 10.2. The van der Waals surface area contributed by atoms with Gasteiger partial charge in [-0.15, -0.1) is 0 Å². The minimum atomic E-state index is -0.293. The number of carbonyl (C=O) groups excluding carboxylic acids is 1. The fourth-order valence-corrected chi connectivity index (χ4v) is 2.14. The number of esters is 1. The van der Waals surface area contributed by atoms with E-state index >= 15 is 0 Å². The lowest BCUT2D eigenvalue weighted by Crippen LogP contribution is -2.07. The molecule has 0 aliphatic rings. The summed E-state index contributed by atoms with van der Waals surface area (Å²) in [6, 6.07) is 11.2. The Labute approximate surface area is 120 Å². The Morgan fingerprint density at radius 2 is 2.05 bits per heavy atom. The molecule has 0 fully saturated rings. The number of hydrogen-bond donors (Lipinski definition) is 0. The van der Waals surface area contributed by atoms with Crippen LogP contribution >= 0.6 is 15.9 Å². The standard InChI is InChI=1S/C15H14BrNO2/c16-14-8-2-1-7-13(14)15(18)19-10-4-6-12-5-3-9-17-11-12/h1-3,5,7-9,11H,4,6,10H2. The highest BCUT2D eigenvalue weighted by molar-refractivity contribution is 9.10. The van der Waals surface area contributed by atoms with Crippen molar-refractivity contribution >= 4 is 21.9 Å². The molecule has 1 aromatic heterocycles. The summed E-state index contributed by atoms with van der Waals surface area (Å²) in [5, 5.41) is 0. The first-order chi connectivity index (χ1) is 9.27. The third kappa shape index (κ3) is 4.17. The number of carbonyl (C=O) groups is 1. The fourth-order valence-electron chi connectivity index (χ4n) is 1.69. The third-order valence-corrected chi connectivity index (χ3v) is 3.35. The van der Waals surface area contributed by atoms with E-state index in [0.717, 1.165) is 22.9 Å². The molecule has 0 bridgehead atoms. The molecule has 0 radical (unpaired) electrons. The van der Waals surface area contributed by atoms with Crippen LogP contribution in [-0.4, -0.2) is 17.6 Å². The van der Waals surface area contributed by atoms with E-state index in [4.69, 9.17) is 4.74 Å². The third-order valence-electron chi connectivity index (χ3n) is 2.66. The Morgan fingerprint density at radius 3 is 2.79 bits per heavy atom. The van der Waals surface area contributed by atoms with Gasteiger partial charge in [0.05, 0.1) is 12.2 Å². The maximum Gasteiger partial charge on any atom is 0.339 e. The minimum absolute atomic E-state index is 0.293. The van der Waals surface area contributed by atoms with Crippen molar-refractivity contribution in [3.05, 3.63) is 64.4 Å². The maximum atomic E-state index is 11.8. The highest BCUT2D eigenvalue weighted by Gasteiger charge is 2.09. The van der Waals surface area contributed by atoms with Crippen molar-refractivity contribution in [2.24, 2.45) is 0 Å². The molecule has 0 spiro atoms. The van der Waals surface area contributed by atoms with Gasteiger partial charge in [0, 0.05) is 16.9 Å². The highest BCUT2D eigenvalue weighted by Crippen LogP contribution is 2.16. The number of aryl methyl sites for hydroxylation is 1. The molecule has 0 saturated carbocycles. The molecule has 1 aromatic carbocycles. The van der Waals surface area contributed by atoms with Crippen molar-refractivity contribution in [3.8, 4) is 0 Å². The summed E-state index contributed by atoms with van der Waals surface area (Å²) in [7, 11) is 0. The van der Waals surface area contributed by atoms with E-state index in [1.54, 1.807) is 12.3 Å². The topological polar surface area (TPSA) is 39.2 Å². The first-order valence-corrected chi connectivity index (χ1v) is 6.87. The van der Waals surface area contributed by atoms with Crippen LogP contribution in [0.3, 0.4) is 0 Å². The Hall–Kier alpha value is -1.68. The summed E-state index contributed by atoms with van der Waals surface area (Å²) in [4.78, 5) is 15.9. The molecule has 0 saturated heterocycles. The zero-order valence-electron chi connectivity index (χ0n) is 10.4. The number of pyridine rings is 1. The van der Waals surface area contributed by atoms with E-state index in [1.807, 2.05) is 36.5 Å². The van der Waals surface area contributed by atoms with Gasteiger partial charge < -0.3 is 4.74 Å². The SMILES string of the molecule is O=C(OCCCc1cccnc1)c1ccccc1Br. The molecule has 4 heteroatoms. The van der Waals surface area contributed by atoms with E-state index in [0.29, 0.717) is 12.2 Å². The number of hydrogen-bond acceptors (Lipinski definition) is 3. The summed E-state index contributed by atoms with van der Waals surface area (Å²) in [5.41, 5.74) is 1.71. The van der Waals surface area contributed by atoms with Gasteiger partial charge in [0.25, 0.3) is 0 Å². The summed E-state index contributed by atoms with van der Waals surface area (Å²) < 4.78 is 6.00. The number of rotatable bonds is 5. The second kappa shape index (κ2) is 7.04. The van der Waals surface area contributed by atoms with E-state index in [1.165, 1.54) is 0 Å². The second-order valence-electron chi connectivity index (χ2n) is 4.08. The van der Waals surface area contributed by atoms with Gasteiger partial charge in [-0.3, -0.25) is 4.98 Å². The predicted octanol–water partition coefficient (Wildman–Crippen LogP) is 3.63. The fraction of sp³-hybridized carbons (Fsp3) is 0.200. The molecule has 3 nitrogen and oxygen atoms in total. The monoisotopic (exact) mass is 319 g/mol. The lowest BCUT2D eigenvalue weighted by atomic mass is 10.2. The first-order valence-electron chi connectivity index (χ1n) is 6.08. The van der Waals surface area contributed by atoms with Gasteiger partial charge in [-0.1, -0.05) is 18.2 Å². The van der Waals surface area contributed by atoms with Crippen molar-refractivity contribution < 1.29 is 9.53 Å². The quantitative estimate of drug-likeness (QED) is 0.624. The van der Waals surface area contributed by atoms with Gasteiger partial charge in [-0.05, 0) is 52.5 Å². The summed E-state index contributed by atoms with van der Waals surface area (Å²) in [6.07, 6.45) is 5.23. The van der Waals surface area contributed by atoms with Gasteiger partial charge >= 0.3 is 5.97 Å². The molecule has 1 heterocycles. The van der Waals surface area contributed by atoms with Crippen LogP contribution in [0.4, 0.5) is 0 Å². The van der Waals surface area contributed by atoms with Crippen molar-refractivity contribution in [3.63, 3.8) is 0 Å².